The first-order valence-electron chi connectivity index (χ1n) is 11.5. The molecule has 0 aromatic heterocycles. The summed E-state index contributed by atoms with van der Waals surface area (Å²) in [5.74, 6) is -0.326. The SMILES string of the molecule is CCCCCCCc1ccc2c(c1)CCc1c-2ccc(-c2ccc(C(F)(F)F)cc2)c1F. The lowest BCUT2D eigenvalue weighted by molar-refractivity contribution is -0.137. The molecule has 3 aromatic carbocycles. The van der Waals surface area contributed by atoms with Crippen molar-refractivity contribution in [3.63, 3.8) is 0 Å². The summed E-state index contributed by atoms with van der Waals surface area (Å²) in [4.78, 5) is 0. The summed E-state index contributed by atoms with van der Waals surface area (Å²) in [6.07, 6.45) is 4.33. The normalized spacial score (nSPS) is 13.0. The van der Waals surface area contributed by atoms with Gasteiger partial charge < -0.3 is 0 Å². The molecule has 1 aliphatic rings. The Morgan fingerprint density at radius 2 is 1.44 bits per heavy atom. The molecule has 32 heavy (non-hydrogen) atoms. The van der Waals surface area contributed by atoms with Crippen LogP contribution < -0.4 is 0 Å². The Morgan fingerprint density at radius 1 is 0.750 bits per heavy atom. The van der Waals surface area contributed by atoms with E-state index < -0.39 is 11.7 Å². The highest BCUT2D eigenvalue weighted by molar-refractivity contribution is 5.78. The Labute approximate surface area is 187 Å². The van der Waals surface area contributed by atoms with E-state index in [0.29, 0.717) is 23.1 Å². The number of benzene rings is 3. The summed E-state index contributed by atoms with van der Waals surface area (Å²) >= 11 is 0. The molecule has 0 amide bonds. The van der Waals surface area contributed by atoms with Crippen molar-refractivity contribution in [2.24, 2.45) is 0 Å². The monoisotopic (exact) mass is 440 g/mol. The van der Waals surface area contributed by atoms with Gasteiger partial charge in [-0.05, 0) is 71.2 Å². The molecule has 4 rings (SSSR count). The minimum Gasteiger partial charge on any atom is -0.206 e. The predicted molar refractivity (Wildman–Crippen MR) is 122 cm³/mol. The molecule has 0 aliphatic heterocycles. The molecule has 0 bridgehead atoms. The van der Waals surface area contributed by atoms with Crippen molar-refractivity contribution in [1.29, 1.82) is 0 Å². The van der Waals surface area contributed by atoms with Gasteiger partial charge in [0.05, 0.1) is 5.56 Å². The van der Waals surface area contributed by atoms with E-state index in [9.17, 15) is 13.2 Å². The van der Waals surface area contributed by atoms with E-state index in [0.717, 1.165) is 36.1 Å². The third kappa shape index (κ3) is 4.74. The summed E-state index contributed by atoms with van der Waals surface area (Å²) < 4.78 is 53.9. The number of hydrogen-bond donors (Lipinski definition) is 0. The van der Waals surface area contributed by atoms with Gasteiger partial charge in [0.2, 0.25) is 0 Å². The van der Waals surface area contributed by atoms with E-state index in [1.165, 1.54) is 55.4 Å². The second kappa shape index (κ2) is 9.48. The Kier molecular flexibility index (Phi) is 6.68. The second-order valence-electron chi connectivity index (χ2n) is 8.68. The maximum Gasteiger partial charge on any atom is 0.416 e. The third-order valence-electron chi connectivity index (χ3n) is 6.44. The largest absolute Gasteiger partial charge is 0.416 e. The minimum absolute atomic E-state index is 0.326. The maximum atomic E-state index is 15.4. The van der Waals surface area contributed by atoms with Crippen molar-refractivity contribution in [2.75, 3.05) is 0 Å². The average molecular weight is 441 g/mol. The highest BCUT2D eigenvalue weighted by atomic mass is 19.4. The van der Waals surface area contributed by atoms with Crippen LogP contribution in [0.2, 0.25) is 0 Å². The van der Waals surface area contributed by atoms with Crippen molar-refractivity contribution in [1.82, 2.24) is 0 Å². The topological polar surface area (TPSA) is 0 Å². The molecule has 0 spiro atoms. The van der Waals surface area contributed by atoms with Gasteiger partial charge in [0.25, 0.3) is 0 Å². The number of alkyl halides is 3. The summed E-state index contributed by atoms with van der Waals surface area (Å²) in [6, 6.07) is 14.8. The zero-order valence-corrected chi connectivity index (χ0v) is 18.4. The summed E-state index contributed by atoms with van der Waals surface area (Å²) in [6.45, 7) is 2.22. The highest BCUT2D eigenvalue weighted by Crippen LogP contribution is 2.39. The Hall–Kier alpha value is -2.62. The maximum absolute atomic E-state index is 15.4. The fourth-order valence-electron chi connectivity index (χ4n) is 4.64. The fourth-order valence-corrected chi connectivity index (χ4v) is 4.64. The van der Waals surface area contributed by atoms with Crippen molar-refractivity contribution in [3.8, 4) is 22.3 Å². The molecule has 0 saturated carbocycles. The molecule has 0 radical (unpaired) electrons. The van der Waals surface area contributed by atoms with Crippen molar-refractivity contribution < 1.29 is 17.6 Å². The van der Waals surface area contributed by atoms with Crippen LogP contribution in [-0.2, 0) is 25.4 Å². The molecule has 0 fully saturated rings. The van der Waals surface area contributed by atoms with Gasteiger partial charge in [-0.15, -0.1) is 0 Å². The zero-order valence-electron chi connectivity index (χ0n) is 18.4. The number of rotatable bonds is 7. The molecule has 168 valence electrons. The number of fused-ring (bicyclic) bond motifs is 3. The smallest absolute Gasteiger partial charge is 0.206 e. The Balaban J connectivity index is 1.56. The quantitative estimate of drug-likeness (QED) is 0.254. The Bertz CT molecular complexity index is 1080. The van der Waals surface area contributed by atoms with E-state index in [1.54, 1.807) is 6.07 Å². The molecular formula is C28H28F4. The van der Waals surface area contributed by atoms with E-state index in [1.807, 2.05) is 6.07 Å². The molecule has 0 atom stereocenters. The van der Waals surface area contributed by atoms with Gasteiger partial charge in [0.15, 0.2) is 0 Å². The van der Waals surface area contributed by atoms with Crippen LogP contribution in [-0.4, -0.2) is 0 Å². The molecule has 1 aliphatic carbocycles. The van der Waals surface area contributed by atoms with Gasteiger partial charge in [0.1, 0.15) is 5.82 Å². The average Bonchev–Trinajstić information content (AvgIpc) is 2.78. The minimum atomic E-state index is -4.40. The summed E-state index contributed by atoms with van der Waals surface area (Å²) in [5, 5.41) is 0. The fraction of sp³-hybridized carbons (Fsp3) is 0.357. The van der Waals surface area contributed by atoms with Crippen molar-refractivity contribution in [2.45, 2.75) is 64.5 Å². The van der Waals surface area contributed by atoms with Crippen LogP contribution in [0.4, 0.5) is 17.6 Å². The lowest BCUT2D eigenvalue weighted by atomic mass is 9.82. The number of aryl methyl sites for hydroxylation is 2. The summed E-state index contributed by atoms with van der Waals surface area (Å²) in [7, 11) is 0. The second-order valence-corrected chi connectivity index (χ2v) is 8.68. The van der Waals surface area contributed by atoms with Crippen LogP contribution in [0.3, 0.4) is 0 Å². The van der Waals surface area contributed by atoms with Gasteiger partial charge >= 0.3 is 6.18 Å². The Morgan fingerprint density at radius 3 is 2.16 bits per heavy atom. The van der Waals surface area contributed by atoms with Crippen molar-refractivity contribution in [3.05, 3.63) is 82.7 Å². The first kappa shape index (κ1) is 22.6. The molecule has 0 heterocycles. The zero-order chi connectivity index (χ0) is 22.7. The highest BCUT2D eigenvalue weighted by Gasteiger charge is 2.30. The van der Waals surface area contributed by atoms with Gasteiger partial charge in [-0.25, -0.2) is 4.39 Å². The van der Waals surface area contributed by atoms with E-state index >= 15 is 4.39 Å². The number of hydrogen-bond acceptors (Lipinski definition) is 0. The lowest BCUT2D eigenvalue weighted by Crippen LogP contribution is -2.08. The number of unbranched alkanes of at least 4 members (excludes halogenated alkanes) is 4. The van der Waals surface area contributed by atoms with Crippen molar-refractivity contribution >= 4 is 0 Å². The van der Waals surface area contributed by atoms with E-state index in [2.05, 4.69) is 25.1 Å². The van der Waals surface area contributed by atoms with E-state index in [-0.39, 0.29) is 5.82 Å². The van der Waals surface area contributed by atoms with Gasteiger partial charge in [-0.2, -0.15) is 13.2 Å². The lowest BCUT2D eigenvalue weighted by Gasteiger charge is -2.22. The predicted octanol–water partition coefficient (Wildman–Crippen LogP) is 8.79. The molecule has 4 heteroatoms. The van der Waals surface area contributed by atoms with Crippen LogP contribution in [0, 0.1) is 5.82 Å². The van der Waals surface area contributed by atoms with Gasteiger partial charge in [0, 0.05) is 5.56 Å². The van der Waals surface area contributed by atoms with Crippen LogP contribution in [0.25, 0.3) is 22.3 Å². The van der Waals surface area contributed by atoms with Gasteiger partial charge in [-0.3, -0.25) is 0 Å². The first-order valence-corrected chi connectivity index (χ1v) is 11.5. The number of halogens is 4. The molecule has 3 aromatic rings. The standard InChI is InChI=1S/C28H28F4/c1-2-3-4-5-6-7-19-8-14-23-21(18-19)11-15-26-25(23)17-16-24(27(26)29)20-9-12-22(13-10-20)28(30,31)32/h8-10,12-14,16-18H,2-7,11,15H2,1H3. The molecule has 0 N–H and O–H groups in total. The molecule has 0 saturated heterocycles. The summed E-state index contributed by atoms with van der Waals surface area (Å²) in [5.41, 5.74) is 5.30. The van der Waals surface area contributed by atoms with Crippen LogP contribution in [0.1, 0.15) is 61.3 Å². The molecule has 0 unspecified atom stereocenters. The molecular weight excluding hydrogens is 412 g/mol. The van der Waals surface area contributed by atoms with Crippen LogP contribution in [0.5, 0.6) is 0 Å². The van der Waals surface area contributed by atoms with Gasteiger partial charge in [-0.1, -0.05) is 75.1 Å². The van der Waals surface area contributed by atoms with E-state index in [4.69, 9.17) is 0 Å². The molecule has 0 nitrogen and oxygen atoms in total. The first-order chi connectivity index (χ1) is 15.4. The van der Waals surface area contributed by atoms with Crippen LogP contribution >= 0.6 is 0 Å². The van der Waals surface area contributed by atoms with Crippen LogP contribution in [0.15, 0.2) is 54.6 Å². The third-order valence-corrected chi connectivity index (χ3v) is 6.44.